The SMILES string of the molecule is O=C(N1CC=C(c2ccc[nH]2)CC1)N1CCOCC1. The number of aromatic amines is 1. The van der Waals surface area contributed by atoms with Gasteiger partial charge in [0.25, 0.3) is 0 Å². The third-order valence-corrected chi connectivity index (χ3v) is 3.71. The van der Waals surface area contributed by atoms with Gasteiger partial charge in [0.2, 0.25) is 0 Å². The summed E-state index contributed by atoms with van der Waals surface area (Å²) < 4.78 is 5.27. The van der Waals surface area contributed by atoms with E-state index in [4.69, 9.17) is 4.74 Å². The quantitative estimate of drug-likeness (QED) is 0.834. The number of carbonyl (C=O) groups excluding carboxylic acids is 1. The van der Waals surface area contributed by atoms with E-state index in [-0.39, 0.29) is 6.03 Å². The van der Waals surface area contributed by atoms with Gasteiger partial charge in [0, 0.05) is 38.1 Å². The van der Waals surface area contributed by atoms with Crippen LogP contribution in [-0.4, -0.2) is 60.2 Å². The summed E-state index contributed by atoms with van der Waals surface area (Å²) in [6, 6.07) is 4.22. The number of carbonyl (C=O) groups is 1. The van der Waals surface area contributed by atoms with Crippen molar-refractivity contribution in [3.63, 3.8) is 0 Å². The van der Waals surface area contributed by atoms with E-state index in [1.807, 2.05) is 22.1 Å². The van der Waals surface area contributed by atoms with E-state index in [1.54, 1.807) is 0 Å². The molecule has 1 aromatic rings. The molecule has 0 spiro atoms. The summed E-state index contributed by atoms with van der Waals surface area (Å²) in [4.78, 5) is 19.3. The molecule has 0 bridgehead atoms. The second-order valence-corrected chi connectivity index (χ2v) is 4.89. The number of H-pyrrole nitrogens is 1. The lowest BCUT2D eigenvalue weighted by Crippen LogP contribution is -2.49. The molecule has 0 aromatic carbocycles. The van der Waals surface area contributed by atoms with Gasteiger partial charge in [-0.05, 0) is 24.1 Å². The maximum Gasteiger partial charge on any atom is 0.320 e. The molecule has 19 heavy (non-hydrogen) atoms. The summed E-state index contributed by atoms with van der Waals surface area (Å²) in [5.41, 5.74) is 2.47. The van der Waals surface area contributed by atoms with Gasteiger partial charge in [-0.2, -0.15) is 0 Å². The number of nitrogens with zero attached hydrogens (tertiary/aromatic N) is 2. The summed E-state index contributed by atoms with van der Waals surface area (Å²) >= 11 is 0. The molecule has 0 atom stereocenters. The Labute approximate surface area is 112 Å². The fraction of sp³-hybridized carbons (Fsp3) is 0.500. The standard InChI is InChI=1S/C14H19N3O2/c18-14(17-8-10-19-11-9-17)16-6-3-12(4-7-16)13-2-1-5-15-13/h1-3,5,15H,4,6-11H2. The number of nitrogens with one attached hydrogen (secondary N) is 1. The zero-order valence-corrected chi connectivity index (χ0v) is 11.0. The molecule has 3 heterocycles. The molecule has 5 heteroatoms. The van der Waals surface area contributed by atoms with E-state index in [0.29, 0.717) is 32.8 Å². The molecular formula is C14H19N3O2. The Morgan fingerprint density at radius 3 is 2.68 bits per heavy atom. The van der Waals surface area contributed by atoms with Crippen LogP contribution in [0.1, 0.15) is 12.1 Å². The molecule has 102 valence electrons. The van der Waals surface area contributed by atoms with Crippen LogP contribution in [-0.2, 0) is 4.74 Å². The number of hydrogen-bond donors (Lipinski definition) is 1. The first-order valence-electron chi connectivity index (χ1n) is 6.79. The van der Waals surface area contributed by atoms with Crippen LogP contribution in [0, 0.1) is 0 Å². The van der Waals surface area contributed by atoms with Gasteiger partial charge in [0.1, 0.15) is 0 Å². The zero-order chi connectivity index (χ0) is 13.1. The van der Waals surface area contributed by atoms with Crippen LogP contribution >= 0.6 is 0 Å². The Hall–Kier alpha value is -1.75. The number of morpholine rings is 1. The lowest BCUT2D eigenvalue weighted by atomic mass is 10.1. The van der Waals surface area contributed by atoms with Crippen molar-refractivity contribution in [3.05, 3.63) is 30.1 Å². The predicted octanol–water partition coefficient (Wildman–Crippen LogP) is 1.56. The van der Waals surface area contributed by atoms with Gasteiger partial charge in [-0.15, -0.1) is 0 Å². The molecule has 1 saturated heterocycles. The van der Waals surface area contributed by atoms with Crippen molar-refractivity contribution < 1.29 is 9.53 Å². The summed E-state index contributed by atoms with van der Waals surface area (Å²) in [5.74, 6) is 0. The van der Waals surface area contributed by atoms with E-state index < -0.39 is 0 Å². The first-order chi connectivity index (χ1) is 9.34. The Balaban J connectivity index is 1.61. The maximum atomic E-state index is 12.3. The monoisotopic (exact) mass is 261 g/mol. The third kappa shape index (κ3) is 2.66. The lowest BCUT2D eigenvalue weighted by molar-refractivity contribution is 0.0441. The largest absolute Gasteiger partial charge is 0.378 e. The zero-order valence-electron chi connectivity index (χ0n) is 11.0. The van der Waals surface area contributed by atoms with Crippen LogP contribution in [0.2, 0.25) is 0 Å². The van der Waals surface area contributed by atoms with E-state index >= 15 is 0 Å². The van der Waals surface area contributed by atoms with Crippen molar-refractivity contribution in [2.24, 2.45) is 0 Å². The highest BCUT2D eigenvalue weighted by molar-refractivity contribution is 5.76. The highest BCUT2D eigenvalue weighted by atomic mass is 16.5. The molecule has 2 aliphatic rings. The Bertz CT molecular complexity index is 461. The van der Waals surface area contributed by atoms with Crippen molar-refractivity contribution in [3.8, 4) is 0 Å². The van der Waals surface area contributed by atoms with Gasteiger partial charge in [-0.1, -0.05) is 6.08 Å². The number of aromatic nitrogens is 1. The lowest BCUT2D eigenvalue weighted by Gasteiger charge is -2.34. The molecule has 0 saturated carbocycles. The first-order valence-corrected chi connectivity index (χ1v) is 6.79. The van der Waals surface area contributed by atoms with Crippen LogP contribution in [0.5, 0.6) is 0 Å². The number of amides is 2. The number of urea groups is 1. The average Bonchev–Trinajstić information content (AvgIpc) is 3.02. The van der Waals surface area contributed by atoms with Crippen LogP contribution in [0.4, 0.5) is 4.79 Å². The van der Waals surface area contributed by atoms with Gasteiger partial charge in [0.15, 0.2) is 0 Å². The first kappa shape index (κ1) is 12.3. The van der Waals surface area contributed by atoms with Gasteiger partial charge < -0.3 is 19.5 Å². The minimum atomic E-state index is 0.144. The van der Waals surface area contributed by atoms with Crippen molar-refractivity contribution in [1.29, 1.82) is 0 Å². The molecule has 0 radical (unpaired) electrons. The molecule has 2 aliphatic heterocycles. The normalized spacial score (nSPS) is 20.3. The summed E-state index contributed by atoms with van der Waals surface area (Å²) in [6.07, 6.45) is 4.99. The molecule has 0 unspecified atom stereocenters. The number of rotatable bonds is 1. The van der Waals surface area contributed by atoms with Crippen molar-refractivity contribution in [2.45, 2.75) is 6.42 Å². The second-order valence-electron chi connectivity index (χ2n) is 4.89. The molecule has 3 rings (SSSR count). The summed E-state index contributed by atoms with van der Waals surface area (Å²) in [6.45, 7) is 4.23. The maximum absolute atomic E-state index is 12.3. The van der Waals surface area contributed by atoms with Crippen LogP contribution in [0.15, 0.2) is 24.4 Å². The topological polar surface area (TPSA) is 48.6 Å². The number of ether oxygens (including phenoxy) is 1. The Morgan fingerprint density at radius 2 is 2.05 bits per heavy atom. The molecule has 5 nitrogen and oxygen atoms in total. The minimum Gasteiger partial charge on any atom is -0.378 e. The predicted molar refractivity (Wildman–Crippen MR) is 72.7 cm³/mol. The smallest absolute Gasteiger partial charge is 0.320 e. The highest BCUT2D eigenvalue weighted by Gasteiger charge is 2.24. The molecule has 1 fully saturated rings. The average molecular weight is 261 g/mol. The molecule has 1 N–H and O–H groups in total. The van der Waals surface area contributed by atoms with Crippen LogP contribution in [0.25, 0.3) is 5.57 Å². The van der Waals surface area contributed by atoms with Crippen molar-refractivity contribution >= 4 is 11.6 Å². The van der Waals surface area contributed by atoms with Crippen LogP contribution < -0.4 is 0 Å². The summed E-state index contributed by atoms with van der Waals surface area (Å²) in [5, 5.41) is 0. The van der Waals surface area contributed by atoms with Gasteiger partial charge in [-0.25, -0.2) is 4.79 Å². The third-order valence-electron chi connectivity index (χ3n) is 3.71. The number of hydrogen-bond acceptors (Lipinski definition) is 2. The minimum absolute atomic E-state index is 0.144. The second kappa shape index (κ2) is 5.48. The highest BCUT2D eigenvalue weighted by Crippen LogP contribution is 2.21. The van der Waals surface area contributed by atoms with Crippen LogP contribution in [0.3, 0.4) is 0 Å². The fourth-order valence-corrected chi connectivity index (χ4v) is 2.57. The summed E-state index contributed by atoms with van der Waals surface area (Å²) in [7, 11) is 0. The molecule has 0 aliphatic carbocycles. The van der Waals surface area contributed by atoms with E-state index in [1.165, 1.54) is 11.3 Å². The van der Waals surface area contributed by atoms with Crippen molar-refractivity contribution in [1.82, 2.24) is 14.8 Å². The molecular weight excluding hydrogens is 242 g/mol. The van der Waals surface area contributed by atoms with E-state index in [2.05, 4.69) is 17.1 Å². The molecule has 2 amide bonds. The van der Waals surface area contributed by atoms with E-state index in [9.17, 15) is 4.79 Å². The Morgan fingerprint density at radius 1 is 1.21 bits per heavy atom. The van der Waals surface area contributed by atoms with Gasteiger partial charge >= 0.3 is 6.03 Å². The van der Waals surface area contributed by atoms with Gasteiger partial charge in [0.05, 0.1) is 13.2 Å². The fourth-order valence-electron chi connectivity index (χ4n) is 2.57. The van der Waals surface area contributed by atoms with Crippen molar-refractivity contribution in [2.75, 3.05) is 39.4 Å². The Kier molecular flexibility index (Phi) is 3.55. The van der Waals surface area contributed by atoms with Gasteiger partial charge in [-0.3, -0.25) is 0 Å². The molecule has 1 aromatic heterocycles. The van der Waals surface area contributed by atoms with E-state index in [0.717, 1.165) is 13.0 Å².